The summed E-state index contributed by atoms with van der Waals surface area (Å²) < 4.78 is 0. The SMILES string of the molecule is CC(C)N(CC1CCCCN1)c1cc([N+](=O)[O-])ccn1. The van der Waals surface area contributed by atoms with Gasteiger partial charge in [0, 0.05) is 30.9 Å². The number of hydrogen-bond acceptors (Lipinski definition) is 5. The van der Waals surface area contributed by atoms with E-state index in [4.69, 9.17) is 0 Å². The zero-order chi connectivity index (χ0) is 14.5. The lowest BCUT2D eigenvalue weighted by atomic mass is 10.0. The molecule has 6 nitrogen and oxygen atoms in total. The molecule has 1 aliphatic heterocycles. The summed E-state index contributed by atoms with van der Waals surface area (Å²) in [5.74, 6) is 0.682. The van der Waals surface area contributed by atoms with E-state index in [1.54, 1.807) is 6.07 Å². The van der Waals surface area contributed by atoms with Crippen molar-refractivity contribution in [3.63, 3.8) is 0 Å². The highest BCUT2D eigenvalue weighted by molar-refractivity contribution is 5.47. The summed E-state index contributed by atoms with van der Waals surface area (Å²) in [6.45, 7) is 6.07. The van der Waals surface area contributed by atoms with Crippen LogP contribution in [-0.2, 0) is 0 Å². The molecule has 0 radical (unpaired) electrons. The van der Waals surface area contributed by atoms with E-state index in [-0.39, 0.29) is 16.7 Å². The fraction of sp³-hybridized carbons (Fsp3) is 0.643. The number of hydrogen-bond donors (Lipinski definition) is 1. The van der Waals surface area contributed by atoms with E-state index in [9.17, 15) is 10.1 Å². The van der Waals surface area contributed by atoms with E-state index < -0.39 is 0 Å². The summed E-state index contributed by atoms with van der Waals surface area (Å²) in [4.78, 5) is 16.9. The molecule has 1 fully saturated rings. The Bertz CT molecular complexity index is 458. The van der Waals surface area contributed by atoms with E-state index in [0.29, 0.717) is 11.9 Å². The van der Waals surface area contributed by atoms with Crippen molar-refractivity contribution in [3.8, 4) is 0 Å². The van der Waals surface area contributed by atoms with Crippen LogP contribution in [0.1, 0.15) is 33.1 Å². The molecule has 1 unspecified atom stereocenters. The summed E-state index contributed by atoms with van der Waals surface area (Å²) in [6, 6.07) is 3.68. The summed E-state index contributed by atoms with van der Waals surface area (Å²) >= 11 is 0. The van der Waals surface area contributed by atoms with Gasteiger partial charge >= 0.3 is 0 Å². The molecule has 0 aliphatic carbocycles. The van der Waals surface area contributed by atoms with Crippen LogP contribution in [-0.4, -0.2) is 35.1 Å². The van der Waals surface area contributed by atoms with Crippen LogP contribution in [0.5, 0.6) is 0 Å². The van der Waals surface area contributed by atoms with Gasteiger partial charge in [-0.25, -0.2) is 4.98 Å². The molecule has 0 bridgehead atoms. The quantitative estimate of drug-likeness (QED) is 0.661. The number of piperidine rings is 1. The minimum Gasteiger partial charge on any atom is -0.352 e. The first-order valence-corrected chi connectivity index (χ1v) is 7.18. The lowest BCUT2D eigenvalue weighted by molar-refractivity contribution is -0.384. The summed E-state index contributed by atoms with van der Waals surface area (Å²) in [6.07, 6.45) is 5.13. The minimum absolute atomic E-state index is 0.0947. The molecule has 2 rings (SSSR count). The van der Waals surface area contributed by atoms with E-state index in [1.165, 1.54) is 25.1 Å². The number of pyridine rings is 1. The summed E-state index contributed by atoms with van der Waals surface area (Å²) in [7, 11) is 0. The molecular formula is C14H22N4O2. The van der Waals surface area contributed by atoms with E-state index >= 15 is 0 Å². The molecule has 20 heavy (non-hydrogen) atoms. The molecular weight excluding hydrogens is 256 g/mol. The van der Waals surface area contributed by atoms with Crippen LogP contribution >= 0.6 is 0 Å². The highest BCUT2D eigenvalue weighted by atomic mass is 16.6. The standard InChI is InChI=1S/C14H22N4O2/c1-11(2)17(10-12-5-3-4-7-15-12)14-9-13(18(19)20)6-8-16-14/h6,8-9,11-12,15H,3-5,7,10H2,1-2H3. The smallest absolute Gasteiger partial charge is 0.274 e. The summed E-state index contributed by atoms with van der Waals surface area (Å²) in [5, 5.41) is 14.4. The van der Waals surface area contributed by atoms with Gasteiger partial charge in [-0.1, -0.05) is 6.42 Å². The third-order valence-electron chi connectivity index (χ3n) is 3.69. The van der Waals surface area contributed by atoms with Crippen molar-refractivity contribution in [1.82, 2.24) is 10.3 Å². The van der Waals surface area contributed by atoms with Gasteiger partial charge in [0.15, 0.2) is 0 Å². The van der Waals surface area contributed by atoms with Crippen LogP contribution in [0.4, 0.5) is 11.5 Å². The average molecular weight is 278 g/mol. The second-order valence-electron chi connectivity index (χ2n) is 5.52. The van der Waals surface area contributed by atoms with Crippen LogP contribution in [0.2, 0.25) is 0 Å². The maximum Gasteiger partial charge on any atom is 0.274 e. The van der Waals surface area contributed by atoms with Gasteiger partial charge in [0.25, 0.3) is 5.69 Å². The molecule has 2 heterocycles. The molecule has 0 amide bonds. The zero-order valence-electron chi connectivity index (χ0n) is 12.1. The Morgan fingerprint density at radius 1 is 1.55 bits per heavy atom. The van der Waals surface area contributed by atoms with Gasteiger partial charge in [0.2, 0.25) is 0 Å². The third kappa shape index (κ3) is 3.66. The molecule has 1 aliphatic rings. The number of nitrogens with zero attached hydrogens (tertiary/aromatic N) is 3. The first-order valence-electron chi connectivity index (χ1n) is 7.18. The maximum atomic E-state index is 10.9. The fourth-order valence-electron chi connectivity index (χ4n) is 2.56. The predicted molar refractivity (Wildman–Crippen MR) is 79.0 cm³/mol. The second kappa shape index (κ2) is 6.65. The van der Waals surface area contributed by atoms with Crippen LogP contribution < -0.4 is 10.2 Å². The van der Waals surface area contributed by atoms with Gasteiger partial charge in [0.1, 0.15) is 5.82 Å². The molecule has 0 aromatic carbocycles. The number of aromatic nitrogens is 1. The predicted octanol–water partition coefficient (Wildman–Crippen LogP) is 2.35. The first-order chi connectivity index (χ1) is 9.58. The lowest BCUT2D eigenvalue weighted by Crippen LogP contribution is -2.46. The zero-order valence-corrected chi connectivity index (χ0v) is 12.1. The Morgan fingerprint density at radius 3 is 2.95 bits per heavy atom. The second-order valence-corrected chi connectivity index (χ2v) is 5.52. The molecule has 0 saturated carbocycles. The number of nitro groups is 1. The van der Waals surface area contributed by atoms with Gasteiger partial charge in [-0.15, -0.1) is 0 Å². The first kappa shape index (κ1) is 14.7. The van der Waals surface area contributed by atoms with Crippen molar-refractivity contribution in [3.05, 3.63) is 28.4 Å². The minimum atomic E-state index is -0.372. The van der Waals surface area contributed by atoms with Crippen molar-refractivity contribution in [2.45, 2.75) is 45.2 Å². The Hall–Kier alpha value is -1.69. The van der Waals surface area contributed by atoms with Crippen molar-refractivity contribution < 1.29 is 4.92 Å². The lowest BCUT2D eigenvalue weighted by Gasteiger charge is -2.33. The Morgan fingerprint density at radius 2 is 2.35 bits per heavy atom. The van der Waals surface area contributed by atoms with Gasteiger partial charge < -0.3 is 10.2 Å². The molecule has 0 spiro atoms. The normalized spacial score (nSPS) is 19.1. The van der Waals surface area contributed by atoms with Crippen molar-refractivity contribution >= 4 is 11.5 Å². The van der Waals surface area contributed by atoms with Gasteiger partial charge in [0.05, 0.1) is 11.0 Å². The molecule has 6 heteroatoms. The van der Waals surface area contributed by atoms with Crippen LogP contribution in [0, 0.1) is 10.1 Å². The number of nitrogens with one attached hydrogen (secondary N) is 1. The third-order valence-corrected chi connectivity index (χ3v) is 3.69. The highest BCUT2D eigenvalue weighted by Gasteiger charge is 2.21. The fourth-order valence-corrected chi connectivity index (χ4v) is 2.56. The highest BCUT2D eigenvalue weighted by Crippen LogP contribution is 2.21. The molecule has 110 valence electrons. The average Bonchev–Trinajstić information content (AvgIpc) is 2.45. The van der Waals surface area contributed by atoms with Crippen molar-refractivity contribution in [1.29, 1.82) is 0 Å². The summed E-state index contributed by atoms with van der Waals surface area (Å²) in [5.41, 5.74) is 0.0947. The largest absolute Gasteiger partial charge is 0.352 e. The Labute approximate surface area is 119 Å². The van der Waals surface area contributed by atoms with E-state index in [0.717, 1.165) is 19.5 Å². The molecule has 1 saturated heterocycles. The van der Waals surface area contributed by atoms with Gasteiger partial charge in [-0.05, 0) is 33.2 Å². The van der Waals surface area contributed by atoms with Crippen LogP contribution in [0.15, 0.2) is 18.3 Å². The van der Waals surface area contributed by atoms with E-state index in [1.807, 2.05) is 0 Å². The number of anilines is 1. The topological polar surface area (TPSA) is 71.3 Å². The van der Waals surface area contributed by atoms with Crippen molar-refractivity contribution in [2.24, 2.45) is 0 Å². The van der Waals surface area contributed by atoms with Crippen molar-refractivity contribution in [2.75, 3.05) is 18.0 Å². The maximum absolute atomic E-state index is 10.9. The molecule has 1 atom stereocenters. The molecule has 1 aromatic rings. The number of rotatable bonds is 5. The van der Waals surface area contributed by atoms with Gasteiger partial charge in [-0.2, -0.15) is 0 Å². The van der Waals surface area contributed by atoms with Crippen LogP contribution in [0.25, 0.3) is 0 Å². The van der Waals surface area contributed by atoms with Crippen LogP contribution in [0.3, 0.4) is 0 Å². The van der Waals surface area contributed by atoms with Gasteiger partial charge in [-0.3, -0.25) is 10.1 Å². The Balaban J connectivity index is 2.15. The monoisotopic (exact) mass is 278 g/mol. The van der Waals surface area contributed by atoms with E-state index in [2.05, 4.69) is 29.0 Å². The Kier molecular flexibility index (Phi) is 4.89. The molecule has 1 N–H and O–H groups in total. The molecule has 1 aromatic heterocycles.